The van der Waals surface area contributed by atoms with Crippen LogP contribution in [0.1, 0.15) is 269 Å². The number of hydrogen-bond donors (Lipinski definition) is 0. The number of aromatic nitrogens is 1. The molecule has 102 heavy (non-hydrogen) atoms. The summed E-state index contributed by atoms with van der Waals surface area (Å²) in [6.07, 6.45) is 0. The summed E-state index contributed by atoms with van der Waals surface area (Å²) in [5.74, 6) is 3.51. The molecule has 0 saturated heterocycles. The Balaban J connectivity index is 1.07. The van der Waals surface area contributed by atoms with Crippen LogP contribution in [-0.2, 0) is 54.1 Å². The van der Waals surface area contributed by atoms with Gasteiger partial charge in [0.25, 0.3) is 13.4 Å². The Morgan fingerprint density at radius 1 is 0.265 bits per heavy atom. The zero-order valence-corrected chi connectivity index (χ0v) is 68.0. The van der Waals surface area contributed by atoms with E-state index in [4.69, 9.17) is 9.47 Å². The van der Waals surface area contributed by atoms with Crippen LogP contribution in [0, 0.1) is 6.92 Å². The zero-order valence-electron chi connectivity index (χ0n) is 68.0. The number of rotatable bonds is 6. The van der Waals surface area contributed by atoms with E-state index in [1.165, 1.54) is 116 Å². The number of nitrogens with zero attached hydrogens (tertiary/aromatic N) is 3. The largest absolute Gasteiger partial charge is 0.458 e. The number of anilines is 6. The molecule has 0 saturated carbocycles. The fraction of sp³-hybridized carbons (Fsp3) is 0.432. The van der Waals surface area contributed by atoms with Crippen molar-refractivity contribution in [1.29, 1.82) is 0 Å². The predicted molar refractivity (Wildman–Crippen MR) is 444 cm³/mol. The summed E-state index contributed by atoms with van der Waals surface area (Å²) in [7, 11) is 0. The molecule has 528 valence electrons. The van der Waals surface area contributed by atoms with Crippen LogP contribution in [-0.4, -0.2) is 18.0 Å². The average molecular weight is 1350 g/mol. The van der Waals surface area contributed by atoms with Crippen LogP contribution in [0.4, 0.5) is 34.1 Å². The van der Waals surface area contributed by atoms with E-state index in [1.54, 1.807) is 0 Å². The first kappa shape index (κ1) is 71.1. The molecule has 9 aromatic carbocycles. The Morgan fingerprint density at radius 2 is 0.500 bits per heavy atom. The third kappa shape index (κ3) is 11.8. The Kier molecular flexibility index (Phi) is 15.7. The fourth-order valence-corrected chi connectivity index (χ4v) is 16.2. The van der Waals surface area contributed by atoms with Gasteiger partial charge in [-0.2, -0.15) is 0 Å². The maximum atomic E-state index is 7.96. The number of fused-ring (bicyclic) bond motifs is 7. The van der Waals surface area contributed by atoms with Crippen molar-refractivity contribution in [2.75, 3.05) is 9.80 Å². The van der Waals surface area contributed by atoms with E-state index in [-0.39, 0.29) is 67.6 Å². The highest BCUT2D eigenvalue weighted by Gasteiger charge is 2.51. The van der Waals surface area contributed by atoms with E-state index >= 15 is 0 Å². The lowest BCUT2D eigenvalue weighted by atomic mass is 9.30. The highest BCUT2D eigenvalue weighted by molar-refractivity contribution is 7.03. The molecule has 14 rings (SSSR count). The minimum absolute atomic E-state index is 0.110. The van der Waals surface area contributed by atoms with Crippen LogP contribution < -0.4 is 52.1 Å². The Morgan fingerprint density at radius 3 is 0.735 bits per heavy atom. The van der Waals surface area contributed by atoms with Crippen molar-refractivity contribution in [2.24, 2.45) is 0 Å². The first-order chi connectivity index (χ1) is 46.8. The van der Waals surface area contributed by atoms with Gasteiger partial charge in [0.1, 0.15) is 23.0 Å². The molecule has 4 aliphatic heterocycles. The molecule has 0 aliphatic carbocycles. The van der Waals surface area contributed by atoms with E-state index in [0.717, 1.165) is 62.7 Å². The van der Waals surface area contributed by atoms with Crippen LogP contribution in [0.3, 0.4) is 0 Å². The van der Waals surface area contributed by atoms with Gasteiger partial charge in [0.2, 0.25) is 0 Å². The van der Waals surface area contributed by atoms with E-state index in [0.29, 0.717) is 0 Å². The number of benzene rings is 9. The molecule has 1 aromatic heterocycles. The molecule has 7 heteroatoms. The van der Waals surface area contributed by atoms with Crippen molar-refractivity contribution in [3.63, 3.8) is 0 Å². The maximum Gasteiger partial charge on any atom is 0.256 e. The average Bonchev–Trinajstić information content (AvgIpc) is 1.41. The number of hydrogen-bond acceptors (Lipinski definition) is 4. The molecule has 10 aromatic rings. The van der Waals surface area contributed by atoms with E-state index < -0.39 is 0 Å². The van der Waals surface area contributed by atoms with E-state index in [1.807, 2.05) is 0 Å². The lowest BCUT2D eigenvalue weighted by molar-refractivity contribution is 0.458. The molecule has 0 N–H and O–H groups in total. The Labute approximate surface area is 614 Å². The van der Waals surface area contributed by atoms with Crippen molar-refractivity contribution in [3.8, 4) is 28.7 Å². The summed E-state index contributed by atoms with van der Waals surface area (Å²) in [5, 5.41) is 2.62. The minimum Gasteiger partial charge on any atom is -0.458 e. The normalized spacial score (nSPS) is 14.5. The van der Waals surface area contributed by atoms with Crippen LogP contribution >= 0.6 is 0 Å². The third-order valence-electron chi connectivity index (χ3n) is 23.0. The summed E-state index contributed by atoms with van der Waals surface area (Å²) in [5.41, 5.74) is 30.9. The van der Waals surface area contributed by atoms with Crippen molar-refractivity contribution >= 4 is 102 Å². The third-order valence-corrected chi connectivity index (χ3v) is 23.0. The summed E-state index contributed by atoms with van der Waals surface area (Å²) in [6, 6.07) is 54.1. The second-order valence-corrected chi connectivity index (χ2v) is 41.5. The molecule has 4 aliphatic rings. The summed E-state index contributed by atoms with van der Waals surface area (Å²) in [6.45, 7) is 72.7. The van der Waals surface area contributed by atoms with E-state index in [2.05, 4.69) is 362 Å². The number of ether oxygens (including phenoxy) is 2. The van der Waals surface area contributed by atoms with Gasteiger partial charge in [0.15, 0.2) is 0 Å². The van der Waals surface area contributed by atoms with Crippen LogP contribution in [0.5, 0.6) is 23.0 Å². The zero-order chi connectivity index (χ0) is 74.3. The standard InChI is InChI=1S/C95H115B2N3O2/c1-54-84-79-83-80-85(54)102-78-53-66(99(69-44-59(90(14,15)16)38-60(45-69)91(17,18)19)70-46-61(92(20,21)22)39-62(47-70)93(23,24)25)33-35-74(78)97(80)76-51-64(95(29,30)31)49-72-71-48-63(94(26,27)28)50-75(81(71)100(83)82(72)76)96(79)73-34-32-65(52-77(73)101-84)98(67-40-55(86(2,3)4)36-56(41-67)87(5,6)7)68-42-57(88(8,9)10)37-58(43-68)89(11,12)13/h32-53H,1-31H3. The highest BCUT2D eigenvalue weighted by atomic mass is 16.5. The summed E-state index contributed by atoms with van der Waals surface area (Å²) >= 11 is 0. The summed E-state index contributed by atoms with van der Waals surface area (Å²) in [4.78, 5) is 5.09. The predicted octanol–water partition coefficient (Wildman–Crippen LogP) is 22.9. The second-order valence-electron chi connectivity index (χ2n) is 41.5. The molecule has 0 amide bonds. The maximum absolute atomic E-state index is 7.96. The smallest absolute Gasteiger partial charge is 0.256 e. The van der Waals surface area contributed by atoms with Gasteiger partial charge in [0, 0.05) is 79.3 Å². The highest BCUT2D eigenvalue weighted by Crippen LogP contribution is 2.51. The second kappa shape index (κ2) is 22.6. The topological polar surface area (TPSA) is 29.9 Å². The molecule has 5 nitrogen and oxygen atoms in total. The van der Waals surface area contributed by atoms with Gasteiger partial charge in [-0.25, -0.2) is 0 Å². The molecule has 0 fully saturated rings. The first-order valence-electron chi connectivity index (χ1n) is 38.0. The lowest BCUT2D eigenvalue weighted by Crippen LogP contribution is -2.65. The van der Waals surface area contributed by atoms with Crippen molar-refractivity contribution in [3.05, 3.63) is 195 Å². The molecular formula is C95H115B2N3O2. The van der Waals surface area contributed by atoms with Gasteiger partial charge < -0.3 is 23.8 Å². The Bertz CT molecular complexity index is 4580. The fourth-order valence-electron chi connectivity index (χ4n) is 16.2. The Hall–Kier alpha value is -7.89. The molecule has 5 heterocycles. The molecular weight excluding hydrogens is 1240 g/mol. The molecule has 0 spiro atoms. The van der Waals surface area contributed by atoms with Gasteiger partial charge >= 0.3 is 0 Å². The van der Waals surface area contributed by atoms with Crippen LogP contribution in [0.2, 0.25) is 0 Å². The molecule has 0 bridgehead atoms. The van der Waals surface area contributed by atoms with Gasteiger partial charge in [-0.05, 0) is 222 Å². The quantitative estimate of drug-likeness (QED) is 0.155. The van der Waals surface area contributed by atoms with Gasteiger partial charge in [-0.15, -0.1) is 0 Å². The summed E-state index contributed by atoms with van der Waals surface area (Å²) < 4.78 is 18.6. The van der Waals surface area contributed by atoms with E-state index in [9.17, 15) is 0 Å². The first-order valence-corrected chi connectivity index (χ1v) is 38.0. The molecule has 0 atom stereocenters. The van der Waals surface area contributed by atoms with Crippen LogP contribution in [0.15, 0.2) is 133 Å². The van der Waals surface area contributed by atoms with Gasteiger partial charge in [-0.3, -0.25) is 0 Å². The van der Waals surface area contributed by atoms with Gasteiger partial charge in [-0.1, -0.05) is 256 Å². The van der Waals surface area contributed by atoms with Gasteiger partial charge in [0.05, 0.1) is 0 Å². The van der Waals surface area contributed by atoms with Crippen molar-refractivity contribution in [2.45, 2.75) is 269 Å². The monoisotopic (exact) mass is 1350 g/mol. The minimum atomic E-state index is -0.148. The SMILES string of the molecule is Cc1c2c3c4c5c1Oc1cc(N(c6cc(C(C)(C)C)cc(C(C)(C)C)c6)c6cc(C(C)(C)C)cc(C(C)(C)C)c6)ccc1B5c1cc(C(C)(C)C)cc5c6cc(C(C)(C)C)cc(c6n-4c15)B3c1ccc(N(c3cc(C(C)(C)C)cc(C(C)(C)C)c3)c3cc(C(C)(C)C)cc(C(C)(C)C)c3)cc1O2. The molecule has 0 radical (unpaired) electrons. The lowest BCUT2D eigenvalue weighted by Gasteiger charge is -2.42. The van der Waals surface area contributed by atoms with Crippen molar-refractivity contribution in [1.82, 2.24) is 4.57 Å². The van der Waals surface area contributed by atoms with Crippen LogP contribution in [0.25, 0.3) is 27.5 Å². The molecule has 0 unspecified atom stereocenters. The van der Waals surface area contributed by atoms with Crippen molar-refractivity contribution < 1.29 is 9.47 Å².